The van der Waals surface area contributed by atoms with Crippen LogP contribution in [0, 0.1) is 5.92 Å². The van der Waals surface area contributed by atoms with Crippen molar-refractivity contribution in [3.05, 3.63) is 0 Å². The lowest BCUT2D eigenvalue weighted by Crippen LogP contribution is -2.46. The second kappa shape index (κ2) is 5.85. The Kier molecular flexibility index (Phi) is 4.43. The van der Waals surface area contributed by atoms with Gasteiger partial charge in [-0.2, -0.15) is 0 Å². The maximum atomic E-state index is 12.3. The third kappa shape index (κ3) is 3.44. The fourth-order valence-electron chi connectivity index (χ4n) is 2.86. The highest BCUT2D eigenvalue weighted by atomic mass is 16.2. The van der Waals surface area contributed by atoms with Crippen LogP contribution in [0.3, 0.4) is 0 Å². The fourth-order valence-corrected chi connectivity index (χ4v) is 2.86. The number of likely N-dealkylation sites (tertiary alicyclic amines) is 1. The van der Waals surface area contributed by atoms with Gasteiger partial charge in [-0.1, -0.05) is 26.2 Å². The van der Waals surface area contributed by atoms with Gasteiger partial charge in [-0.05, 0) is 32.1 Å². The lowest BCUT2D eigenvalue weighted by molar-refractivity contribution is -0.133. The second-order valence-corrected chi connectivity index (χ2v) is 5.64. The third-order valence-electron chi connectivity index (χ3n) is 4.20. The summed E-state index contributed by atoms with van der Waals surface area (Å²) in [5.74, 6) is 1.13. The molecule has 0 spiro atoms. The molecule has 3 nitrogen and oxygen atoms in total. The van der Waals surface area contributed by atoms with Gasteiger partial charge in [-0.3, -0.25) is 4.79 Å². The Morgan fingerprint density at radius 2 is 1.94 bits per heavy atom. The van der Waals surface area contributed by atoms with E-state index in [9.17, 15) is 4.79 Å². The zero-order valence-electron chi connectivity index (χ0n) is 11.2. The third-order valence-corrected chi connectivity index (χ3v) is 4.20. The molecule has 1 heterocycles. The summed E-state index contributed by atoms with van der Waals surface area (Å²) in [7, 11) is 0. The summed E-state index contributed by atoms with van der Waals surface area (Å²) in [6.07, 6.45) is 7.42. The van der Waals surface area contributed by atoms with Gasteiger partial charge in [0.1, 0.15) is 0 Å². The summed E-state index contributed by atoms with van der Waals surface area (Å²) in [4.78, 5) is 14.3. The van der Waals surface area contributed by atoms with E-state index in [0.29, 0.717) is 11.9 Å². The van der Waals surface area contributed by atoms with E-state index in [1.165, 1.54) is 38.5 Å². The van der Waals surface area contributed by atoms with Crippen molar-refractivity contribution < 1.29 is 4.79 Å². The molecule has 1 saturated heterocycles. The highest BCUT2D eigenvalue weighted by Crippen LogP contribution is 2.33. The number of amides is 1. The molecule has 0 radical (unpaired) electrons. The van der Waals surface area contributed by atoms with E-state index in [4.69, 9.17) is 0 Å². The summed E-state index contributed by atoms with van der Waals surface area (Å²) in [5, 5.41) is 3.48. The molecule has 1 saturated carbocycles. The van der Waals surface area contributed by atoms with Crippen LogP contribution in [0.1, 0.15) is 52.4 Å². The van der Waals surface area contributed by atoms with Crippen LogP contribution in [0.15, 0.2) is 0 Å². The number of hydrogen-bond donors (Lipinski definition) is 1. The summed E-state index contributed by atoms with van der Waals surface area (Å²) in [5.41, 5.74) is 0. The Hall–Kier alpha value is -0.570. The van der Waals surface area contributed by atoms with Crippen LogP contribution in [0.25, 0.3) is 0 Å². The van der Waals surface area contributed by atoms with E-state index in [2.05, 4.69) is 17.1 Å². The Morgan fingerprint density at radius 3 is 2.47 bits per heavy atom. The quantitative estimate of drug-likeness (QED) is 0.814. The molecule has 17 heavy (non-hydrogen) atoms. The van der Waals surface area contributed by atoms with E-state index in [1.54, 1.807) is 0 Å². The van der Waals surface area contributed by atoms with Crippen molar-refractivity contribution in [2.45, 2.75) is 64.5 Å². The largest absolute Gasteiger partial charge is 0.341 e. The van der Waals surface area contributed by atoms with E-state index in [1.807, 2.05) is 6.92 Å². The van der Waals surface area contributed by atoms with Crippen LogP contribution in [0.4, 0.5) is 0 Å². The van der Waals surface area contributed by atoms with E-state index in [0.717, 1.165) is 19.0 Å². The highest BCUT2D eigenvalue weighted by molar-refractivity contribution is 5.81. The predicted molar refractivity (Wildman–Crippen MR) is 69.8 cm³/mol. The SMILES string of the molecule is CCC1CC1NC(C)C(=O)N1CCCCCC1. The molecular weight excluding hydrogens is 212 g/mol. The van der Waals surface area contributed by atoms with Crippen LogP contribution >= 0.6 is 0 Å². The molecule has 98 valence electrons. The summed E-state index contributed by atoms with van der Waals surface area (Å²) < 4.78 is 0. The maximum Gasteiger partial charge on any atom is 0.239 e. The first kappa shape index (κ1) is 12.9. The molecule has 2 aliphatic rings. The number of hydrogen-bond acceptors (Lipinski definition) is 2. The number of carbonyl (C=O) groups is 1. The lowest BCUT2D eigenvalue weighted by atomic mass is 10.2. The summed E-state index contributed by atoms with van der Waals surface area (Å²) >= 11 is 0. The Balaban J connectivity index is 1.77. The first-order chi connectivity index (χ1) is 8.22. The standard InChI is InChI=1S/C14H26N2O/c1-3-12-10-13(12)15-11(2)14(17)16-8-6-4-5-7-9-16/h11-13,15H,3-10H2,1-2H3. The summed E-state index contributed by atoms with van der Waals surface area (Å²) in [6, 6.07) is 0.612. The van der Waals surface area contributed by atoms with Crippen LogP contribution in [-0.4, -0.2) is 36.0 Å². The number of carbonyl (C=O) groups excluding carboxylic acids is 1. The zero-order chi connectivity index (χ0) is 12.3. The van der Waals surface area contributed by atoms with Gasteiger partial charge < -0.3 is 10.2 Å². The molecule has 3 atom stereocenters. The van der Waals surface area contributed by atoms with E-state index < -0.39 is 0 Å². The van der Waals surface area contributed by atoms with Crippen molar-refractivity contribution in [1.82, 2.24) is 10.2 Å². The van der Waals surface area contributed by atoms with Crippen LogP contribution in [0.2, 0.25) is 0 Å². The molecule has 0 aromatic heterocycles. The van der Waals surface area contributed by atoms with Gasteiger partial charge in [0.15, 0.2) is 0 Å². The van der Waals surface area contributed by atoms with Crippen molar-refractivity contribution in [1.29, 1.82) is 0 Å². The first-order valence-electron chi connectivity index (χ1n) is 7.27. The molecule has 1 aliphatic heterocycles. The smallest absolute Gasteiger partial charge is 0.239 e. The van der Waals surface area contributed by atoms with Gasteiger partial charge in [0.05, 0.1) is 6.04 Å². The first-order valence-corrected chi connectivity index (χ1v) is 7.27. The normalized spacial score (nSPS) is 30.8. The molecular formula is C14H26N2O. The van der Waals surface area contributed by atoms with Crippen molar-refractivity contribution in [3.63, 3.8) is 0 Å². The molecule has 0 bridgehead atoms. The molecule has 2 fully saturated rings. The minimum Gasteiger partial charge on any atom is -0.341 e. The molecule has 2 rings (SSSR count). The Bertz CT molecular complexity index is 259. The van der Waals surface area contributed by atoms with E-state index in [-0.39, 0.29) is 6.04 Å². The van der Waals surface area contributed by atoms with Crippen LogP contribution in [-0.2, 0) is 4.79 Å². The molecule has 0 aromatic carbocycles. The molecule has 0 aromatic rings. The molecule has 1 aliphatic carbocycles. The minimum absolute atomic E-state index is 0.00894. The molecule has 1 amide bonds. The molecule has 3 heteroatoms. The number of nitrogens with zero attached hydrogens (tertiary/aromatic N) is 1. The van der Waals surface area contributed by atoms with Crippen LogP contribution < -0.4 is 5.32 Å². The Morgan fingerprint density at radius 1 is 1.29 bits per heavy atom. The number of rotatable bonds is 4. The van der Waals surface area contributed by atoms with Gasteiger partial charge >= 0.3 is 0 Å². The van der Waals surface area contributed by atoms with Crippen LogP contribution in [0.5, 0.6) is 0 Å². The molecule has 3 unspecified atom stereocenters. The van der Waals surface area contributed by atoms with Gasteiger partial charge in [0.25, 0.3) is 0 Å². The fraction of sp³-hybridized carbons (Fsp3) is 0.929. The lowest BCUT2D eigenvalue weighted by Gasteiger charge is -2.24. The maximum absolute atomic E-state index is 12.3. The average molecular weight is 238 g/mol. The number of nitrogens with one attached hydrogen (secondary N) is 1. The zero-order valence-corrected chi connectivity index (χ0v) is 11.2. The van der Waals surface area contributed by atoms with Gasteiger partial charge in [-0.25, -0.2) is 0 Å². The topological polar surface area (TPSA) is 32.3 Å². The summed E-state index contributed by atoms with van der Waals surface area (Å²) in [6.45, 7) is 6.19. The van der Waals surface area contributed by atoms with Crippen molar-refractivity contribution in [3.8, 4) is 0 Å². The molecule has 1 N–H and O–H groups in total. The van der Waals surface area contributed by atoms with Gasteiger partial charge in [0, 0.05) is 19.1 Å². The van der Waals surface area contributed by atoms with E-state index >= 15 is 0 Å². The highest BCUT2D eigenvalue weighted by Gasteiger charge is 2.37. The van der Waals surface area contributed by atoms with Crippen molar-refractivity contribution in [2.24, 2.45) is 5.92 Å². The monoisotopic (exact) mass is 238 g/mol. The van der Waals surface area contributed by atoms with Gasteiger partial charge in [0.2, 0.25) is 5.91 Å². The van der Waals surface area contributed by atoms with Crippen molar-refractivity contribution in [2.75, 3.05) is 13.1 Å². The minimum atomic E-state index is 0.00894. The van der Waals surface area contributed by atoms with Crippen molar-refractivity contribution >= 4 is 5.91 Å². The Labute approximate surface area is 105 Å². The predicted octanol–water partition coefficient (Wildman–Crippen LogP) is 2.17. The second-order valence-electron chi connectivity index (χ2n) is 5.64. The van der Waals surface area contributed by atoms with Gasteiger partial charge in [-0.15, -0.1) is 0 Å². The average Bonchev–Trinajstić information content (AvgIpc) is 3.10.